The van der Waals surface area contributed by atoms with Crippen LogP contribution in [0.2, 0.25) is 0 Å². The number of aromatic nitrogens is 2. The molecule has 0 spiro atoms. The smallest absolute Gasteiger partial charge is 0.0769 e. The summed E-state index contributed by atoms with van der Waals surface area (Å²) in [6.45, 7) is 5.02. The van der Waals surface area contributed by atoms with Gasteiger partial charge in [-0.3, -0.25) is 16.0 Å². The Morgan fingerprint density at radius 2 is 2.33 bits per heavy atom. The fourth-order valence-corrected chi connectivity index (χ4v) is 2.64. The van der Waals surface area contributed by atoms with Gasteiger partial charge in [-0.2, -0.15) is 5.10 Å². The Bertz CT molecular complexity index is 386. The molecule has 1 fully saturated rings. The Morgan fingerprint density at radius 1 is 1.61 bits per heavy atom. The van der Waals surface area contributed by atoms with Crippen LogP contribution in [0.1, 0.15) is 31.2 Å². The molecule has 0 aromatic carbocycles. The van der Waals surface area contributed by atoms with Gasteiger partial charge in [0.2, 0.25) is 0 Å². The van der Waals surface area contributed by atoms with Crippen LogP contribution in [0.25, 0.3) is 0 Å². The zero-order chi connectivity index (χ0) is 13.1. The Labute approximate surface area is 109 Å². The molecule has 2 rings (SSSR count). The average molecular weight is 252 g/mol. The van der Waals surface area contributed by atoms with E-state index in [0.29, 0.717) is 5.92 Å². The topological polar surface area (TPSA) is 65.1 Å². The third-order valence-corrected chi connectivity index (χ3v) is 3.68. The molecule has 1 heterocycles. The Kier molecular flexibility index (Phi) is 4.37. The fraction of sp³-hybridized carbons (Fsp3) is 0.769. The number of aryl methyl sites for hydroxylation is 2. The molecule has 3 N–H and O–H groups in total. The van der Waals surface area contributed by atoms with E-state index < -0.39 is 0 Å². The SMILES string of the molecule is CCn1nc(C)cc1CC(NN)C(OC)C1CC1. The zero-order valence-corrected chi connectivity index (χ0v) is 11.5. The largest absolute Gasteiger partial charge is 0.379 e. The van der Waals surface area contributed by atoms with Crippen LogP contribution in [0.4, 0.5) is 0 Å². The predicted molar refractivity (Wildman–Crippen MR) is 71.0 cm³/mol. The van der Waals surface area contributed by atoms with Gasteiger partial charge in [0.1, 0.15) is 0 Å². The van der Waals surface area contributed by atoms with Gasteiger partial charge in [-0.15, -0.1) is 0 Å². The van der Waals surface area contributed by atoms with Gasteiger partial charge >= 0.3 is 0 Å². The van der Waals surface area contributed by atoms with Crippen LogP contribution in [0.15, 0.2) is 6.07 Å². The molecule has 18 heavy (non-hydrogen) atoms. The highest BCUT2D eigenvalue weighted by Crippen LogP contribution is 2.36. The summed E-state index contributed by atoms with van der Waals surface area (Å²) in [6, 6.07) is 2.29. The van der Waals surface area contributed by atoms with Crippen LogP contribution in [0.3, 0.4) is 0 Å². The maximum atomic E-state index is 5.70. The van der Waals surface area contributed by atoms with E-state index in [-0.39, 0.29) is 12.1 Å². The number of methoxy groups -OCH3 is 1. The molecule has 5 nitrogen and oxygen atoms in total. The Balaban J connectivity index is 2.08. The molecule has 2 atom stereocenters. The maximum Gasteiger partial charge on any atom is 0.0769 e. The van der Waals surface area contributed by atoms with Crippen molar-refractivity contribution in [3.8, 4) is 0 Å². The van der Waals surface area contributed by atoms with Crippen molar-refractivity contribution in [3.63, 3.8) is 0 Å². The van der Waals surface area contributed by atoms with E-state index >= 15 is 0 Å². The van der Waals surface area contributed by atoms with Crippen LogP contribution in [0.5, 0.6) is 0 Å². The zero-order valence-electron chi connectivity index (χ0n) is 11.5. The van der Waals surface area contributed by atoms with Crippen molar-refractivity contribution in [1.29, 1.82) is 0 Å². The van der Waals surface area contributed by atoms with Crippen LogP contribution in [-0.2, 0) is 17.7 Å². The van der Waals surface area contributed by atoms with Gasteiger partial charge in [0.15, 0.2) is 0 Å². The molecular weight excluding hydrogens is 228 g/mol. The highest BCUT2D eigenvalue weighted by atomic mass is 16.5. The molecule has 0 saturated heterocycles. The average Bonchev–Trinajstić information content (AvgIpc) is 3.13. The van der Waals surface area contributed by atoms with Crippen molar-refractivity contribution >= 4 is 0 Å². The van der Waals surface area contributed by atoms with E-state index in [0.717, 1.165) is 18.7 Å². The van der Waals surface area contributed by atoms with Crippen molar-refractivity contribution in [2.24, 2.45) is 11.8 Å². The monoisotopic (exact) mass is 252 g/mol. The first-order valence-corrected chi connectivity index (χ1v) is 6.71. The summed E-state index contributed by atoms with van der Waals surface area (Å²) >= 11 is 0. The fourth-order valence-electron chi connectivity index (χ4n) is 2.64. The third-order valence-electron chi connectivity index (χ3n) is 3.68. The molecule has 0 radical (unpaired) electrons. The summed E-state index contributed by atoms with van der Waals surface area (Å²) in [4.78, 5) is 0. The number of ether oxygens (including phenoxy) is 1. The van der Waals surface area contributed by atoms with Crippen LogP contribution in [0, 0.1) is 12.8 Å². The molecule has 1 saturated carbocycles. The Hall–Kier alpha value is -0.910. The number of nitrogens with zero attached hydrogens (tertiary/aromatic N) is 2. The molecular formula is C13H24N4O. The lowest BCUT2D eigenvalue weighted by Gasteiger charge is -2.25. The van der Waals surface area contributed by atoms with Crippen molar-refractivity contribution < 1.29 is 4.74 Å². The van der Waals surface area contributed by atoms with E-state index in [1.165, 1.54) is 18.5 Å². The van der Waals surface area contributed by atoms with Crippen LogP contribution in [-0.4, -0.2) is 29.0 Å². The second kappa shape index (κ2) is 5.82. The van der Waals surface area contributed by atoms with E-state index in [4.69, 9.17) is 10.6 Å². The highest BCUT2D eigenvalue weighted by Gasteiger charge is 2.36. The van der Waals surface area contributed by atoms with Gasteiger partial charge in [0, 0.05) is 25.8 Å². The maximum absolute atomic E-state index is 5.70. The molecule has 5 heteroatoms. The number of hydrogen-bond donors (Lipinski definition) is 2. The number of rotatable bonds is 7. The molecule has 0 bridgehead atoms. The van der Waals surface area contributed by atoms with Crippen LogP contribution < -0.4 is 11.3 Å². The van der Waals surface area contributed by atoms with E-state index in [1.54, 1.807) is 7.11 Å². The van der Waals surface area contributed by atoms with Crippen molar-refractivity contribution in [3.05, 3.63) is 17.5 Å². The number of hydrogen-bond acceptors (Lipinski definition) is 4. The molecule has 1 aliphatic rings. The first-order valence-electron chi connectivity index (χ1n) is 6.71. The predicted octanol–water partition coefficient (Wildman–Crippen LogP) is 1.01. The molecule has 1 aromatic heterocycles. The minimum Gasteiger partial charge on any atom is -0.379 e. The number of nitrogens with two attached hydrogens (primary N) is 1. The summed E-state index contributed by atoms with van der Waals surface area (Å²) in [5, 5.41) is 4.47. The van der Waals surface area contributed by atoms with Gasteiger partial charge in [0.05, 0.1) is 17.8 Å². The first kappa shape index (κ1) is 13.5. The van der Waals surface area contributed by atoms with Gasteiger partial charge in [-0.25, -0.2) is 0 Å². The van der Waals surface area contributed by atoms with Crippen molar-refractivity contribution in [1.82, 2.24) is 15.2 Å². The second-order valence-corrected chi connectivity index (χ2v) is 5.11. The normalized spacial score (nSPS) is 18.9. The van der Waals surface area contributed by atoms with E-state index in [2.05, 4.69) is 23.5 Å². The summed E-state index contributed by atoms with van der Waals surface area (Å²) in [7, 11) is 1.77. The molecule has 102 valence electrons. The minimum atomic E-state index is 0.156. The molecule has 0 aliphatic heterocycles. The second-order valence-electron chi connectivity index (χ2n) is 5.11. The molecule has 2 unspecified atom stereocenters. The van der Waals surface area contributed by atoms with Gasteiger partial charge in [-0.1, -0.05) is 0 Å². The molecule has 1 aromatic rings. The van der Waals surface area contributed by atoms with Crippen molar-refractivity contribution in [2.75, 3.05) is 7.11 Å². The third kappa shape index (κ3) is 2.91. The first-order chi connectivity index (χ1) is 8.69. The summed E-state index contributed by atoms with van der Waals surface area (Å²) in [5.41, 5.74) is 5.20. The van der Waals surface area contributed by atoms with Crippen molar-refractivity contribution in [2.45, 2.75) is 51.8 Å². The van der Waals surface area contributed by atoms with E-state index in [1.807, 2.05) is 11.6 Å². The van der Waals surface area contributed by atoms with Gasteiger partial charge < -0.3 is 4.74 Å². The number of hydrazine groups is 1. The lowest BCUT2D eigenvalue weighted by atomic mass is 10.0. The van der Waals surface area contributed by atoms with E-state index in [9.17, 15) is 0 Å². The summed E-state index contributed by atoms with van der Waals surface area (Å²) in [6.07, 6.45) is 3.57. The minimum absolute atomic E-state index is 0.156. The lowest BCUT2D eigenvalue weighted by Crippen LogP contribution is -2.47. The standard InChI is InChI=1S/C13H24N4O/c1-4-17-11(7-9(2)16-17)8-12(15-14)13(18-3)10-5-6-10/h7,10,12-13,15H,4-6,8,14H2,1-3H3. The summed E-state index contributed by atoms with van der Waals surface area (Å²) in [5.74, 6) is 6.36. The van der Waals surface area contributed by atoms with Crippen LogP contribution >= 0.6 is 0 Å². The Morgan fingerprint density at radius 3 is 2.83 bits per heavy atom. The quantitative estimate of drug-likeness (QED) is 0.561. The lowest BCUT2D eigenvalue weighted by molar-refractivity contribution is 0.0505. The summed E-state index contributed by atoms with van der Waals surface area (Å²) < 4.78 is 7.65. The highest BCUT2D eigenvalue weighted by molar-refractivity contribution is 5.11. The molecule has 0 amide bonds. The van der Waals surface area contributed by atoms with Gasteiger partial charge in [-0.05, 0) is 38.7 Å². The van der Waals surface area contributed by atoms with Gasteiger partial charge in [0.25, 0.3) is 0 Å². The molecule has 1 aliphatic carbocycles. The number of nitrogens with one attached hydrogen (secondary N) is 1.